The number of aryl methyl sites for hydroxylation is 3. The van der Waals surface area contributed by atoms with Gasteiger partial charge in [0.15, 0.2) is 0 Å². The molecule has 0 aliphatic rings. The molecule has 0 saturated carbocycles. The zero-order chi connectivity index (χ0) is 21.6. The molecule has 2 heterocycles. The van der Waals surface area contributed by atoms with E-state index >= 15 is 0 Å². The van der Waals surface area contributed by atoms with Gasteiger partial charge in [0.05, 0.1) is 5.69 Å². The number of ether oxygens (including phenoxy) is 1. The van der Waals surface area contributed by atoms with Crippen LogP contribution in [-0.4, -0.2) is 25.9 Å². The van der Waals surface area contributed by atoms with E-state index in [-0.39, 0.29) is 12.3 Å². The minimum Gasteiger partial charge on any atom is -0.489 e. The summed E-state index contributed by atoms with van der Waals surface area (Å²) in [4.78, 5) is 12.3. The van der Waals surface area contributed by atoms with Crippen molar-refractivity contribution in [2.45, 2.75) is 26.4 Å². The van der Waals surface area contributed by atoms with Crippen molar-refractivity contribution in [1.82, 2.24) is 20.0 Å². The van der Waals surface area contributed by atoms with Crippen molar-refractivity contribution in [3.63, 3.8) is 0 Å². The Morgan fingerprint density at radius 1 is 1.10 bits per heavy atom. The van der Waals surface area contributed by atoms with Crippen molar-refractivity contribution in [2.24, 2.45) is 7.05 Å². The van der Waals surface area contributed by atoms with E-state index in [0.717, 1.165) is 22.7 Å². The number of aromatic nitrogens is 4. The molecule has 0 spiro atoms. The number of rotatable bonds is 8. The zero-order valence-corrected chi connectivity index (χ0v) is 17.4. The number of carbonyl (C=O) groups is 1. The minimum absolute atomic E-state index is 0.130. The Balaban J connectivity index is 1.26. The van der Waals surface area contributed by atoms with Gasteiger partial charge in [0, 0.05) is 25.6 Å². The molecule has 8 nitrogen and oxygen atoms in total. The molecule has 0 radical (unpaired) electrons. The summed E-state index contributed by atoms with van der Waals surface area (Å²) >= 11 is 0. The summed E-state index contributed by atoms with van der Waals surface area (Å²) in [5.74, 6) is 1.41. The van der Waals surface area contributed by atoms with Gasteiger partial charge in [-0.3, -0.25) is 9.48 Å². The van der Waals surface area contributed by atoms with E-state index in [9.17, 15) is 4.79 Å². The molecule has 0 fully saturated rings. The molecule has 4 rings (SSSR count). The second kappa shape index (κ2) is 9.25. The van der Waals surface area contributed by atoms with Crippen molar-refractivity contribution in [1.29, 1.82) is 0 Å². The fraction of sp³-hybridized carbons (Fsp3) is 0.217. The number of nitrogens with one attached hydrogen (secondary N) is 1. The first kappa shape index (κ1) is 20.3. The van der Waals surface area contributed by atoms with E-state index in [1.54, 1.807) is 4.68 Å². The molecule has 0 unspecified atom stereocenters. The normalized spacial score (nSPS) is 10.8. The highest BCUT2D eigenvalue weighted by Crippen LogP contribution is 2.20. The van der Waals surface area contributed by atoms with Crippen LogP contribution in [0.2, 0.25) is 0 Å². The molecule has 8 heteroatoms. The van der Waals surface area contributed by atoms with Crippen LogP contribution in [-0.2, 0) is 24.9 Å². The minimum atomic E-state index is -0.130. The van der Waals surface area contributed by atoms with Gasteiger partial charge in [0.2, 0.25) is 11.8 Å². The highest BCUT2D eigenvalue weighted by molar-refractivity contribution is 5.90. The van der Waals surface area contributed by atoms with Crippen LogP contribution in [0.5, 0.6) is 5.75 Å². The first-order valence-corrected chi connectivity index (χ1v) is 9.97. The summed E-state index contributed by atoms with van der Waals surface area (Å²) in [5.41, 5.74) is 3.42. The Morgan fingerprint density at radius 2 is 1.87 bits per heavy atom. The van der Waals surface area contributed by atoms with Crippen LogP contribution in [0.15, 0.2) is 65.1 Å². The third-order valence-electron chi connectivity index (χ3n) is 4.64. The van der Waals surface area contributed by atoms with E-state index in [4.69, 9.17) is 9.15 Å². The van der Waals surface area contributed by atoms with E-state index in [1.165, 1.54) is 0 Å². The van der Waals surface area contributed by atoms with Crippen LogP contribution >= 0.6 is 0 Å². The van der Waals surface area contributed by atoms with Crippen molar-refractivity contribution >= 4 is 11.6 Å². The maximum absolute atomic E-state index is 12.3. The molecular formula is C23H23N5O3. The lowest BCUT2D eigenvalue weighted by atomic mass is 10.2. The summed E-state index contributed by atoms with van der Waals surface area (Å²) < 4.78 is 13.1. The van der Waals surface area contributed by atoms with Gasteiger partial charge in [-0.15, -0.1) is 10.2 Å². The highest BCUT2D eigenvalue weighted by atomic mass is 16.5. The van der Waals surface area contributed by atoms with Crippen LogP contribution in [0.3, 0.4) is 0 Å². The lowest BCUT2D eigenvalue weighted by Gasteiger charge is -2.08. The average Bonchev–Trinajstić information content (AvgIpc) is 3.38. The van der Waals surface area contributed by atoms with Gasteiger partial charge in [0.25, 0.3) is 5.89 Å². The Morgan fingerprint density at radius 3 is 2.58 bits per heavy atom. The molecule has 0 bridgehead atoms. The Hall–Kier alpha value is -3.94. The fourth-order valence-electron chi connectivity index (χ4n) is 3.09. The molecule has 31 heavy (non-hydrogen) atoms. The van der Waals surface area contributed by atoms with Crippen molar-refractivity contribution in [3.05, 3.63) is 77.8 Å². The Labute approximate surface area is 179 Å². The summed E-state index contributed by atoms with van der Waals surface area (Å²) in [6.45, 7) is 2.39. The van der Waals surface area contributed by atoms with Gasteiger partial charge >= 0.3 is 0 Å². The van der Waals surface area contributed by atoms with Crippen LogP contribution in [0.25, 0.3) is 11.6 Å². The Bertz CT molecular complexity index is 1150. The standard InChI is InChI=1S/C23H23N5O3/c1-16-14-20(28(2)27-16)23-26-25-22(31-23)13-12-21(29)24-18-8-10-19(11-9-18)30-15-17-6-4-3-5-7-17/h3-11,14H,12-13,15H2,1-2H3,(H,24,29). The molecule has 2 aromatic carbocycles. The number of carbonyl (C=O) groups excluding carboxylic acids is 1. The van der Waals surface area contributed by atoms with Gasteiger partial charge < -0.3 is 14.5 Å². The molecule has 0 aliphatic carbocycles. The highest BCUT2D eigenvalue weighted by Gasteiger charge is 2.14. The van der Waals surface area contributed by atoms with Crippen LogP contribution in [0.1, 0.15) is 23.6 Å². The van der Waals surface area contributed by atoms with E-state index in [2.05, 4.69) is 20.6 Å². The smallest absolute Gasteiger partial charge is 0.265 e. The molecule has 4 aromatic rings. The van der Waals surface area contributed by atoms with Gasteiger partial charge in [0.1, 0.15) is 18.1 Å². The van der Waals surface area contributed by atoms with Crippen molar-refractivity contribution in [3.8, 4) is 17.3 Å². The summed E-state index contributed by atoms with van der Waals surface area (Å²) in [5, 5.41) is 15.2. The lowest BCUT2D eigenvalue weighted by molar-refractivity contribution is -0.116. The summed E-state index contributed by atoms with van der Waals surface area (Å²) in [6, 6.07) is 19.1. The fourth-order valence-corrected chi connectivity index (χ4v) is 3.09. The van der Waals surface area contributed by atoms with Crippen molar-refractivity contribution in [2.75, 3.05) is 5.32 Å². The molecule has 2 aromatic heterocycles. The van der Waals surface area contributed by atoms with E-state index < -0.39 is 0 Å². The summed E-state index contributed by atoms with van der Waals surface area (Å²) in [6.07, 6.45) is 0.590. The van der Waals surface area contributed by atoms with Gasteiger partial charge in [-0.1, -0.05) is 30.3 Å². The number of hydrogen-bond acceptors (Lipinski definition) is 6. The number of amides is 1. The van der Waals surface area contributed by atoms with E-state index in [0.29, 0.717) is 30.5 Å². The van der Waals surface area contributed by atoms with Gasteiger partial charge in [-0.05, 0) is 42.8 Å². The SMILES string of the molecule is Cc1cc(-c2nnc(CCC(=O)Nc3ccc(OCc4ccccc4)cc3)o2)n(C)n1. The van der Waals surface area contributed by atoms with E-state index in [1.807, 2.05) is 74.6 Å². The molecule has 1 N–H and O–H groups in total. The first-order chi connectivity index (χ1) is 15.1. The quantitative estimate of drug-likeness (QED) is 0.467. The Kier molecular flexibility index (Phi) is 6.07. The predicted molar refractivity (Wildman–Crippen MR) is 115 cm³/mol. The summed E-state index contributed by atoms with van der Waals surface area (Å²) in [7, 11) is 1.82. The molecule has 0 atom stereocenters. The van der Waals surface area contributed by atoms with Gasteiger partial charge in [-0.2, -0.15) is 5.10 Å². The van der Waals surface area contributed by atoms with Gasteiger partial charge in [-0.25, -0.2) is 0 Å². The molecular weight excluding hydrogens is 394 g/mol. The van der Waals surface area contributed by atoms with Crippen LogP contribution < -0.4 is 10.1 Å². The molecule has 158 valence electrons. The topological polar surface area (TPSA) is 95.1 Å². The van der Waals surface area contributed by atoms with Crippen molar-refractivity contribution < 1.29 is 13.9 Å². The maximum Gasteiger partial charge on any atom is 0.265 e. The van der Waals surface area contributed by atoms with Crippen LogP contribution in [0, 0.1) is 6.92 Å². The lowest BCUT2D eigenvalue weighted by Crippen LogP contribution is -2.12. The number of benzene rings is 2. The predicted octanol–water partition coefficient (Wildman–Crippen LogP) is 3.93. The maximum atomic E-state index is 12.3. The molecule has 0 saturated heterocycles. The number of anilines is 1. The zero-order valence-electron chi connectivity index (χ0n) is 17.4. The number of nitrogens with zero attached hydrogens (tertiary/aromatic N) is 4. The second-order valence-corrected chi connectivity index (χ2v) is 7.14. The average molecular weight is 417 g/mol. The second-order valence-electron chi connectivity index (χ2n) is 7.14. The monoisotopic (exact) mass is 417 g/mol. The first-order valence-electron chi connectivity index (χ1n) is 9.97. The third-order valence-corrected chi connectivity index (χ3v) is 4.64. The number of hydrogen-bond donors (Lipinski definition) is 1. The third kappa shape index (κ3) is 5.36. The largest absolute Gasteiger partial charge is 0.489 e. The molecule has 0 aliphatic heterocycles. The molecule has 1 amide bonds. The van der Waals surface area contributed by atoms with Crippen LogP contribution in [0.4, 0.5) is 5.69 Å².